The van der Waals surface area contributed by atoms with Crippen LogP contribution in [0.3, 0.4) is 0 Å². The lowest BCUT2D eigenvalue weighted by Gasteiger charge is -2.37. The molecule has 0 aliphatic carbocycles. The summed E-state index contributed by atoms with van der Waals surface area (Å²) in [7, 11) is 0. The Morgan fingerprint density at radius 2 is 1.61 bits per heavy atom. The highest BCUT2D eigenvalue weighted by molar-refractivity contribution is 6.33. The maximum absolute atomic E-state index is 12.5. The second kappa shape index (κ2) is 9.96. The van der Waals surface area contributed by atoms with Crippen LogP contribution in [-0.2, 0) is 11.2 Å². The predicted octanol–water partition coefficient (Wildman–Crippen LogP) is 4.85. The molecule has 1 heterocycles. The number of aromatic carboxylic acids is 1. The quantitative estimate of drug-likeness (QED) is 0.546. The number of carboxylic acid groups (broad SMARTS) is 1. The van der Waals surface area contributed by atoms with Gasteiger partial charge < -0.3 is 20.2 Å². The number of aryl methyl sites for hydroxylation is 1. The van der Waals surface area contributed by atoms with Crippen LogP contribution in [0, 0.1) is 6.92 Å². The summed E-state index contributed by atoms with van der Waals surface area (Å²) in [6, 6.07) is 20.6. The molecule has 0 radical (unpaired) electrons. The number of carboxylic acids is 1. The second-order valence-electron chi connectivity index (χ2n) is 8.17. The van der Waals surface area contributed by atoms with Gasteiger partial charge in [-0.25, -0.2) is 4.79 Å². The van der Waals surface area contributed by atoms with Crippen LogP contribution in [-0.4, -0.2) is 43.2 Å². The molecule has 0 atom stereocenters. The standard InChI is InChI=1S/C26H26ClN3O3/c1-18-6-8-19(9-7-18)16-25(31)28-23-11-10-20(17-21(23)26(32)33)29-12-14-30(15-13-29)24-5-3-2-4-22(24)27/h2-11,17H,12-16H2,1H3,(H,28,31)(H,32,33). The first-order valence-electron chi connectivity index (χ1n) is 10.9. The predicted molar refractivity (Wildman–Crippen MR) is 133 cm³/mol. The highest BCUT2D eigenvalue weighted by Gasteiger charge is 2.21. The summed E-state index contributed by atoms with van der Waals surface area (Å²) in [5.74, 6) is -1.32. The third-order valence-corrected chi connectivity index (χ3v) is 6.15. The van der Waals surface area contributed by atoms with Crippen LogP contribution in [0.4, 0.5) is 17.1 Å². The Balaban J connectivity index is 1.44. The summed E-state index contributed by atoms with van der Waals surface area (Å²) in [5.41, 5.74) is 4.22. The topological polar surface area (TPSA) is 72.9 Å². The number of carbonyl (C=O) groups excluding carboxylic acids is 1. The normalized spacial score (nSPS) is 13.6. The zero-order valence-corrected chi connectivity index (χ0v) is 19.2. The largest absolute Gasteiger partial charge is 0.478 e. The molecule has 170 valence electrons. The molecule has 33 heavy (non-hydrogen) atoms. The van der Waals surface area contributed by atoms with Crippen LogP contribution in [0.15, 0.2) is 66.7 Å². The Morgan fingerprint density at radius 1 is 0.939 bits per heavy atom. The zero-order chi connectivity index (χ0) is 23.4. The SMILES string of the molecule is Cc1ccc(CC(=O)Nc2ccc(N3CCN(c4ccccc4Cl)CC3)cc2C(=O)O)cc1. The average molecular weight is 464 g/mol. The van der Waals surface area contributed by atoms with E-state index in [1.165, 1.54) is 0 Å². The number of hydrogen-bond acceptors (Lipinski definition) is 4. The summed E-state index contributed by atoms with van der Waals surface area (Å²) < 4.78 is 0. The van der Waals surface area contributed by atoms with Crippen molar-refractivity contribution in [1.82, 2.24) is 0 Å². The van der Waals surface area contributed by atoms with Gasteiger partial charge in [-0.1, -0.05) is 53.6 Å². The van der Waals surface area contributed by atoms with Crippen LogP contribution in [0.1, 0.15) is 21.5 Å². The van der Waals surface area contributed by atoms with E-state index in [9.17, 15) is 14.7 Å². The average Bonchev–Trinajstić information content (AvgIpc) is 2.81. The Morgan fingerprint density at radius 3 is 2.27 bits per heavy atom. The third kappa shape index (κ3) is 5.46. The van der Waals surface area contributed by atoms with Gasteiger partial charge in [0.15, 0.2) is 0 Å². The number of nitrogens with zero attached hydrogens (tertiary/aromatic N) is 2. The highest BCUT2D eigenvalue weighted by atomic mass is 35.5. The van der Waals surface area contributed by atoms with Gasteiger partial charge in [-0.05, 0) is 42.8 Å². The van der Waals surface area contributed by atoms with E-state index in [0.717, 1.165) is 53.7 Å². The molecule has 0 aromatic heterocycles. The monoisotopic (exact) mass is 463 g/mol. The summed E-state index contributed by atoms with van der Waals surface area (Å²) in [4.78, 5) is 28.8. The van der Waals surface area contributed by atoms with Gasteiger partial charge >= 0.3 is 5.97 Å². The van der Waals surface area contributed by atoms with Crippen LogP contribution >= 0.6 is 11.6 Å². The molecule has 1 saturated heterocycles. The fourth-order valence-electron chi connectivity index (χ4n) is 4.01. The summed E-state index contributed by atoms with van der Waals surface area (Å²) >= 11 is 6.33. The minimum absolute atomic E-state index is 0.0817. The first kappa shape index (κ1) is 22.7. The van der Waals surface area contributed by atoms with E-state index >= 15 is 0 Å². The van der Waals surface area contributed by atoms with Crippen molar-refractivity contribution in [1.29, 1.82) is 0 Å². The van der Waals surface area contributed by atoms with Crippen molar-refractivity contribution < 1.29 is 14.7 Å². The summed E-state index contributed by atoms with van der Waals surface area (Å²) in [6.45, 7) is 5.02. The number of anilines is 3. The molecular formula is C26H26ClN3O3. The van der Waals surface area contributed by atoms with E-state index < -0.39 is 5.97 Å². The van der Waals surface area contributed by atoms with Crippen LogP contribution in [0.2, 0.25) is 5.02 Å². The summed E-state index contributed by atoms with van der Waals surface area (Å²) in [6.07, 6.45) is 0.186. The van der Waals surface area contributed by atoms with E-state index in [4.69, 9.17) is 11.6 Å². The lowest BCUT2D eigenvalue weighted by Crippen LogP contribution is -2.46. The number of piperazine rings is 1. The minimum atomic E-state index is -1.07. The van der Waals surface area contributed by atoms with Crippen molar-refractivity contribution in [2.75, 3.05) is 41.3 Å². The maximum atomic E-state index is 12.5. The van der Waals surface area contributed by atoms with E-state index in [-0.39, 0.29) is 17.9 Å². The molecule has 0 saturated carbocycles. The number of nitrogens with one attached hydrogen (secondary N) is 1. The molecule has 2 N–H and O–H groups in total. The molecule has 1 fully saturated rings. The zero-order valence-electron chi connectivity index (χ0n) is 18.4. The van der Waals surface area contributed by atoms with E-state index in [1.54, 1.807) is 12.1 Å². The number of rotatable bonds is 6. The lowest BCUT2D eigenvalue weighted by atomic mass is 10.1. The van der Waals surface area contributed by atoms with Crippen molar-refractivity contribution in [3.63, 3.8) is 0 Å². The number of amides is 1. The summed E-state index contributed by atoms with van der Waals surface area (Å²) in [5, 5.41) is 13.2. The minimum Gasteiger partial charge on any atom is -0.478 e. The van der Waals surface area contributed by atoms with Gasteiger partial charge in [0.05, 0.1) is 28.4 Å². The van der Waals surface area contributed by atoms with Gasteiger partial charge in [0, 0.05) is 31.9 Å². The van der Waals surface area contributed by atoms with Crippen molar-refractivity contribution in [3.05, 3.63) is 88.4 Å². The molecule has 1 aliphatic heterocycles. The third-order valence-electron chi connectivity index (χ3n) is 5.83. The van der Waals surface area contributed by atoms with E-state index in [0.29, 0.717) is 5.69 Å². The number of para-hydroxylation sites is 1. The molecule has 1 amide bonds. The van der Waals surface area contributed by atoms with Crippen LogP contribution in [0.25, 0.3) is 0 Å². The van der Waals surface area contributed by atoms with Gasteiger partial charge in [0.1, 0.15) is 0 Å². The smallest absolute Gasteiger partial charge is 0.337 e. The van der Waals surface area contributed by atoms with E-state index in [1.807, 2.05) is 61.5 Å². The maximum Gasteiger partial charge on any atom is 0.337 e. The van der Waals surface area contributed by atoms with Gasteiger partial charge in [-0.2, -0.15) is 0 Å². The fraction of sp³-hybridized carbons (Fsp3) is 0.231. The Bertz CT molecular complexity index is 1160. The van der Waals surface area contributed by atoms with Gasteiger partial charge in [-0.15, -0.1) is 0 Å². The molecule has 7 heteroatoms. The molecule has 0 unspecified atom stereocenters. The lowest BCUT2D eigenvalue weighted by molar-refractivity contribution is -0.115. The van der Waals surface area contributed by atoms with Gasteiger partial charge in [-0.3, -0.25) is 4.79 Å². The molecule has 1 aliphatic rings. The Hall–Kier alpha value is -3.51. The number of benzene rings is 3. The molecular weight excluding hydrogens is 438 g/mol. The molecule has 0 bridgehead atoms. The molecule has 6 nitrogen and oxygen atoms in total. The van der Waals surface area contributed by atoms with Gasteiger partial charge in [0.25, 0.3) is 0 Å². The van der Waals surface area contributed by atoms with Crippen molar-refractivity contribution in [2.45, 2.75) is 13.3 Å². The first-order valence-corrected chi connectivity index (χ1v) is 11.3. The second-order valence-corrected chi connectivity index (χ2v) is 8.58. The van der Waals surface area contributed by atoms with Gasteiger partial charge in [0.2, 0.25) is 5.91 Å². The van der Waals surface area contributed by atoms with E-state index in [2.05, 4.69) is 15.1 Å². The highest BCUT2D eigenvalue weighted by Crippen LogP contribution is 2.29. The van der Waals surface area contributed by atoms with Crippen LogP contribution in [0.5, 0.6) is 0 Å². The van der Waals surface area contributed by atoms with Crippen molar-refractivity contribution in [2.24, 2.45) is 0 Å². The molecule has 4 rings (SSSR count). The molecule has 0 spiro atoms. The number of carbonyl (C=O) groups is 2. The number of hydrogen-bond donors (Lipinski definition) is 2. The van der Waals surface area contributed by atoms with Crippen molar-refractivity contribution >= 4 is 40.5 Å². The molecule has 3 aromatic rings. The molecule has 3 aromatic carbocycles. The first-order chi connectivity index (χ1) is 15.9. The Kier molecular flexibility index (Phi) is 6.84. The fourth-order valence-corrected chi connectivity index (χ4v) is 4.27. The number of halogens is 1. The van der Waals surface area contributed by atoms with Crippen molar-refractivity contribution in [3.8, 4) is 0 Å². The van der Waals surface area contributed by atoms with Crippen LogP contribution < -0.4 is 15.1 Å². The Labute approximate surface area is 198 Å².